The van der Waals surface area contributed by atoms with Crippen molar-refractivity contribution in [2.24, 2.45) is 0 Å². The lowest BCUT2D eigenvalue weighted by Gasteiger charge is -2.37. The summed E-state index contributed by atoms with van der Waals surface area (Å²) in [6, 6.07) is 3.10. The summed E-state index contributed by atoms with van der Waals surface area (Å²) in [6.07, 6.45) is 2.66. The Morgan fingerprint density at radius 3 is 2.58 bits per heavy atom. The third-order valence-electron chi connectivity index (χ3n) is 3.96. The van der Waals surface area contributed by atoms with Crippen molar-refractivity contribution in [2.75, 3.05) is 25.0 Å². The van der Waals surface area contributed by atoms with Crippen molar-refractivity contribution in [3.63, 3.8) is 0 Å². The van der Waals surface area contributed by atoms with E-state index in [0.29, 0.717) is 31.7 Å². The van der Waals surface area contributed by atoms with Gasteiger partial charge in [-0.1, -0.05) is 0 Å². The largest absolute Gasteiger partial charge is 0.444 e. The number of aromatic nitrogens is 1. The fourth-order valence-corrected chi connectivity index (χ4v) is 2.74. The fraction of sp³-hybridized carbons (Fsp3) is 0.625. The van der Waals surface area contributed by atoms with Crippen molar-refractivity contribution in [1.29, 1.82) is 0 Å². The molecule has 1 aromatic rings. The van der Waals surface area contributed by atoms with Crippen LogP contribution in [0.2, 0.25) is 0 Å². The van der Waals surface area contributed by atoms with Gasteiger partial charge in [0, 0.05) is 38.4 Å². The molecule has 0 atom stereocenters. The maximum absolute atomic E-state index is 12.1. The number of amides is 1. The van der Waals surface area contributed by atoms with Gasteiger partial charge in [-0.2, -0.15) is 0 Å². The number of ether oxygens (including phenoxy) is 1. The zero-order valence-electron chi connectivity index (χ0n) is 14.6. The van der Waals surface area contributed by atoms with Crippen LogP contribution in [0, 0.1) is 10.1 Å². The summed E-state index contributed by atoms with van der Waals surface area (Å²) in [5.41, 5.74) is -0.520. The van der Waals surface area contributed by atoms with Gasteiger partial charge in [-0.25, -0.2) is 9.78 Å². The molecule has 2 rings (SSSR count). The van der Waals surface area contributed by atoms with Crippen LogP contribution in [0.1, 0.15) is 33.6 Å². The average Bonchev–Trinajstić information content (AvgIpc) is 2.52. The molecule has 1 aromatic heterocycles. The molecule has 0 N–H and O–H groups in total. The van der Waals surface area contributed by atoms with Gasteiger partial charge in [0.15, 0.2) is 0 Å². The number of rotatable bonds is 3. The average molecular weight is 336 g/mol. The van der Waals surface area contributed by atoms with Gasteiger partial charge in [0.25, 0.3) is 0 Å². The number of hydrogen-bond donors (Lipinski definition) is 0. The highest BCUT2D eigenvalue weighted by atomic mass is 16.6. The van der Waals surface area contributed by atoms with Crippen molar-refractivity contribution < 1.29 is 14.5 Å². The highest BCUT2D eigenvalue weighted by Crippen LogP contribution is 2.28. The number of carbonyl (C=O) groups is 1. The van der Waals surface area contributed by atoms with Crippen LogP contribution in [0.5, 0.6) is 0 Å². The molecule has 0 radical (unpaired) electrons. The smallest absolute Gasteiger partial charge is 0.410 e. The van der Waals surface area contributed by atoms with E-state index in [2.05, 4.69) is 4.98 Å². The quantitative estimate of drug-likeness (QED) is 0.623. The number of nitro groups is 1. The van der Waals surface area contributed by atoms with E-state index in [9.17, 15) is 14.9 Å². The van der Waals surface area contributed by atoms with E-state index in [1.807, 2.05) is 32.7 Å². The van der Waals surface area contributed by atoms with Gasteiger partial charge in [0.05, 0.1) is 4.92 Å². The fourth-order valence-electron chi connectivity index (χ4n) is 2.74. The zero-order valence-corrected chi connectivity index (χ0v) is 14.6. The summed E-state index contributed by atoms with van der Waals surface area (Å²) in [5.74, 6) is 0.359. The predicted octanol–water partition coefficient (Wildman–Crippen LogP) is 2.83. The Kier molecular flexibility index (Phi) is 5.26. The topological polar surface area (TPSA) is 88.8 Å². The third kappa shape index (κ3) is 4.33. The first-order valence-corrected chi connectivity index (χ1v) is 7.99. The highest BCUT2D eigenvalue weighted by Gasteiger charge is 2.30. The van der Waals surface area contributed by atoms with Gasteiger partial charge >= 0.3 is 11.8 Å². The van der Waals surface area contributed by atoms with Crippen LogP contribution in [0.3, 0.4) is 0 Å². The molecular formula is C16H24N4O4. The molecule has 0 aliphatic carbocycles. The van der Waals surface area contributed by atoms with Crippen LogP contribution in [0.4, 0.5) is 16.3 Å². The SMILES string of the molecule is CN(c1ncccc1[N+](=O)[O-])C1CCN(C(=O)OC(C)(C)C)CC1. The van der Waals surface area contributed by atoms with E-state index in [1.54, 1.807) is 17.2 Å². The van der Waals surface area contributed by atoms with Crippen molar-refractivity contribution in [2.45, 2.75) is 45.3 Å². The monoisotopic (exact) mass is 336 g/mol. The lowest BCUT2D eigenvalue weighted by Crippen LogP contribution is -2.47. The Labute approximate surface area is 141 Å². The molecule has 1 fully saturated rings. The molecule has 8 nitrogen and oxygen atoms in total. The van der Waals surface area contributed by atoms with E-state index in [0.717, 1.165) is 0 Å². The van der Waals surface area contributed by atoms with Gasteiger partial charge in [-0.05, 0) is 39.7 Å². The lowest BCUT2D eigenvalue weighted by molar-refractivity contribution is -0.384. The molecule has 0 spiro atoms. The summed E-state index contributed by atoms with van der Waals surface area (Å²) in [7, 11) is 1.81. The molecule has 0 saturated carbocycles. The van der Waals surface area contributed by atoms with E-state index >= 15 is 0 Å². The lowest BCUT2D eigenvalue weighted by atomic mass is 10.0. The Morgan fingerprint density at radius 1 is 1.42 bits per heavy atom. The molecule has 24 heavy (non-hydrogen) atoms. The number of carbonyl (C=O) groups excluding carboxylic acids is 1. The molecule has 132 valence electrons. The van der Waals surface area contributed by atoms with Gasteiger partial charge < -0.3 is 14.5 Å². The van der Waals surface area contributed by atoms with Crippen molar-refractivity contribution in [3.05, 3.63) is 28.4 Å². The molecule has 1 aliphatic rings. The maximum atomic E-state index is 12.1. The molecule has 1 saturated heterocycles. The second kappa shape index (κ2) is 7.02. The van der Waals surface area contributed by atoms with Crippen LogP contribution >= 0.6 is 0 Å². The van der Waals surface area contributed by atoms with Crippen LogP contribution in [0.15, 0.2) is 18.3 Å². The maximum Gasteiger partial charge on any atom is 0.410 e. The summed E-state index contributed by atoms with van der Waals surface area (Å²) in [5, 5.41) is 11.2. The molecule has 1 aliphatic heterocycles. The molecule has 2 heterocycles. The number of nitrogens with zero attached hydrogens (tertiary/aromatic N) is 4. The number of hydrogen-bond acceptors (Lipinski definition) is 6. The van der Waals surface area contributed by atoms with Crippen LogP contribution < -0.4 is 4.90 Å². The minimum atomic E-state index is -0.515. The molecule has 0 unspecified atom stereocenters. The minimum Gasteiger partial charge on any atom is -0.444 e. The molecule has 0 aromatic carbocycles. The standard InChI is InChI=1S/C16H24N4O4/c1-16(2,3)24-15(21)19-10-7-12(8-11-19)18(4)14-13(20(22)23)6-5-9-17-14/h5-6,9,12H,7-8,10-11H2,1-4H3. The summed E-state index contributed by atoms with van der Waals surface area (Å²) in [4.78, 5) is 30.5. The molecule has 8 heteroatoms. The van der Waals surface area contributed by atoms with Crippen LogP contribution in [-0.2, 0) is 4.74 Å². The second-order valence-electron chi connectivity index (χ2n) is 6.91. The first kappa shape index (κ1) is 18.0. The Morgan fingerprint density at radius 2 is 2.04 bits per heavy atom. The normalized spacial score (nSPS) is 15.9. The van der Waals surface area contributed by atoms with E-state index in [4.69, 9.17) is 4.74 Å². The first-order chi connectivity index (χ1) is 11.2. The van der Waals surface area contributed by atoms with E-state index in [1.165, 1.54) is 6.07 Å². The molecule has 1 amide bonds. The van der Waals surface area contributed by atoms with Gasteiger partial charge in [-0.3, -0.25) is 10.1 Å². The minimum absolute atomic E-state index is 0.00503. The number of pyridine rings is 1. The van der Waals surface area contributed by atoms with Crippen molar-refractivity contribution in [1.82, 2.24) is 9.88 Å². The van der Waals surface area contributed by atoms with Crippen LogP contribution in [0.25, 0.3) is 0 Å². The summed E-state index contributed by atoms with van der Waals surface area (Å²) in [6.45, 7) is 6.64. The Bertz CT molecular complexity index is 606. The van der Waals surface area contributed by atoms with Gasteiger partial charge in [0.2, 0.25) is 5.82 Å². The Hall–Kier alpha value is -2.38. The van der Waals surface area contributed by atoms with Crippen LogP contribution in [-0.4, -0.2) is 52.7 Å². The highest BCUT2D eigenvalue weighted by molar-refractivity contribution is 5.68. The van der Waals surface area contributed by atoms with E-state index in [-0.39, 0.29) is 17.8 Å². The number of piperidine rings is 1. The molecule has 0 bridgehead atoms. The first-order valence-electron chi connectivity index (χ1n) is 7.99. The van der Waals surface area contributed by atoms with Crippen molar-refractivity contribution >= 4 is 17.6 Å². The zero-order chi connectivity index (χ0) is 17.9. The summed E-state index contributed by atoms with van der Waals surface area (Å²) < 4.78 is 5.38. The second-order valence-corrected chi connectivity index (χ2v) is 6.91. The van der Waals surface area contributed by atoms with Gasteiger partial charge in [0.1, 0.15) is 5.60 Å². The number of likely N-dealkylation sites (tertiary alicyclic amines) is 1. The van der Waals surface area contributed by atoms with Crippen molar-refractivity contribution in [3.8, 4) is 0 Å². The predicted molar refractivity (Wildman–Crippen MR) is 90.1 cm³/mol. The third-order valence-corrected chi connectivity index (χ3v) is 3.96. The Balaban J connectivity index is 2.00. The number of anilines is 1. The van der Waals surface area contributed by atoms with E-state index < -0.39 is 10.5 Å². The molecular weight excluding hydrogens is 312 g/mol. The van der Waals surface area contributed by atoms with Gasteiger partial charge in [-0.15, -0.1) is 0 Å². The summed E-state index contributed by atoms with van der Waals surface area (Å²) >= 11 is 0.